The monoisotopic (exact) mass is 315 g/mol. The first-order valence-corrected chi connectivity index (χ1v) is 7.68. The molecule has 1 fully saturated rings. The molecule has 0 bridgehead atoms. The van der Waals surface area contributed by atoms with Gasteiger partial charge >= 0.3 is 0 Å². The molecule has 20 heavy (non-hydrogen) atoms. The zero-order chi connectivity index (χ0) is 13.9. The molecule has 1 saturated heterocycles. The third kappa shape index (κ3) is 4.24. The second kappa shape index (κ2) is 7.13. The van der Waals surface area contributed by atoms with E-state index < -0.39 is 0 Å². The maximum absolute atomic E-state index is 5.83. The highest BCUT2D eigenvalue weighted by atomic mass is 35.5. The number of thioether (sulfide) groups is 1. The summed E-state index contributed by atoms with van der Waals surface area (Å²) in [6.45, 7) is 6.08. The first-order chi connectivity index (χ1) is 9.02. The fourth-order valence-electron chi connectivity index (χ4n) is 2.25. The van der Waals surface area contributed by atoms with Crippen LogP contribution >= 0.6 is 24.2 Å². The van der Waals surface area contributed by atoms with Gasteiger partial charge < -0.3 is 10.6 Å². The molecule has 0 aromatic carbocycles. The topological polar surface area (TPSA) is 67.4 Å². The minimum Gasteiger partial charge on any atom is -0.379 e. The van der Waals surface area contributed by atoms with Crippen molar-refractivity contribution in [3.8, 4) is 0 Å². The number of nitrogens with two attached hydrogens (primary N) is 1. The number of hydrogen-bond acceptors (Lipinski definition) is 5. The number of amidine groups is 1. The fraction of sp³-hybridized carbons (Fsp3) is 0.615. The SMILES string of the molecule is CSC(N)=NC1(C)CCN(c2cc(C)ncn2)CC1.Cl. The van der Waals surface area contributed by atoms with Gasteiger partial charge in [-0.3, -0.25) is 4.99 Å². The van der Waals surface area contributed by atoms with E-state index in [1.807, 2.05) is 19.2 Å². The molecule has 2 rings (SSSR count). The molecule has 1 aromatic rings. The summed E-state index contributed by atoms with van der Waals surface area (Å²) in [5.74, 6) is 1.01. The van der Waals surface area contributed by atoms with E-state index in [2.05, 4.69) is 26.8 Å². The van der Waals surface area contributed by atoms with Gasteiger partial charge in [-0.25, -0.2) is 9.97 Å². The van der Waals surface area contributed by atoms with Crippen molar-refractivity contribution >= 4 is 35.2 Å². The van der Waals surface area contributed by atoms with Crippen molar-refractivity contribution in [2.75, 3.05) is 24.2 Å². The van der Waals surface area contributed by atoms with Gasteiger partial charge in [0.2, 0.25) is 0 Å². The van der Waals surface area contributed by atoms with Gasteiger partial charge in [-0.05, 0) is 32.9 Å². The van der Waals surface area contributed by atoms with Crippen molar-refractivity contribution in [3.63, 3.8) is 0 Å². The van der Waals surface area contributed by atoms with Gasteiger partial charge in [0, 0.05) is 24.8 Å². The fourth-order valence-corrected chi connectivity index (χ4v) is 2.57. The van der Waals surface area contributed by atoms with E-state index in [1.165, 1.54) is 11.8 Å². The molecular formula is C13H22ClN5S. The number of piperidine rings is 1. The van der Waals surface area contributed by atoms with Gasteiger partial charge in [0.25, 0.3) is 0 Å². The maximum atomic E-state index is 5.83. The molecular weight excluding hydrogens is 294 g/mol. The summed E-state index contributed by atoms with van der Waals surface area (Å²) in [6.07, 6.45) is 5.58. The van der Waals surface area contributed by atoms with E-state index in [0.29, 0.717) is 5.17 Å². The summed E-state index contributed by atoms with van der Waals surface area (Å²) in [7, 11) is 0. The number of aliphatic imine (C=N–C) groups is 1. The molecule has 0 spiro atoms. The van der Waals surface area contributed by atoms with E-state index in [1.54, 1.807) is 6.33 Å². The molecule has 0 radical (unpaired) electrons. The van der Waals surface area contributed by atoms with Gasteiger partial charge in [0.15, 0.2) is 5.17 Å². The van der Waals surface area contributed by atoms with Crippen LogP contribution < -0.4 is 10.6 Å². The van der Waals surface area contributed by atoms with Gasteiger partial charge in [-0.1, -0.05) is 11.8 Å². The van der Waals surface area contributed by atoms with Crippen LogP contribution in [0.2, 0.25) is 0 Å². The van der Waals surface area contributed by atoms with Crippen molar-refractivity contribution in [2.45, 2.75) is 32.2 Å². The van der Waals surface area contributed by atoms with E-state index >= 15 is 0 Å². The third-order valence-electron chi connectivity index (χ3n) is 3.54. The number of aryl methyl sites for hydroxylation is 1. The standard InChI is InChI=1S/C13H21N5S.ClH/c1-10-8-11(16-9-15-10)18-6-4-13(2,5-7-18)17-12(14)19-3;/h8-9H,4-7H2,1-3H3,(H2,14,17);1H. The van der Waals surface area contributed by atoms with Crippen molar-refractivity contribution < 1.29 is 0 Å². The number of hydrogen-bond donors (Lipinski definition) is 1. The molecule has 0 amide bonds. The lowest BCUT2D eigenvalue weighted by atomic mass is 9.90. The van der Waals surface area contributed by atoms with Crippen LogP contribution in [0.15, 0.2) is 17.4 Å². The van der Waals surface area contributed by atoms with Crippen LogP contribution in [0.5, 0.6) is 0 Å². The Hall–Kier alpha value is -1.01. The Morgan fingerprint density at radius 2 is 2.05 bits per heavy atom. The van der Waals surface area contributed by atoms with E-state index in [-0.39, 0.29) is 17.9 Å². The van der Waals surface area contributed by atoms with Crippen LogP contribution in [-0.2, 0) is 0 Å². The summed E-state index contributed by atoms with van der Waals surface area (Å²) in [5.41, 5.74) is 6.80. The van der Waals surface area contributed by atoms with Gasteiger partial charge in [-0.15, -0.1) is 12.4 Å². The quantitative estimate of drug-likeness (QED) is 0.669. The Labute approximate surface area is 130 Å². The lowest BCUT2D eigenvalue weighted by molar-refractivity contribution is 0.366. The van der Waals surface area contributed by atoms with Crippen LogP contribution in [0.3, 0.4) is 0 Å². The predicted octanol–water partition coefficient (Wildman–Crippen LogP) is 2.24. The highest BCUT2D eigenvalue weighted by Crippen LogP contribution is 2.28. The summed E-state index contributed by atoms with van der Waals surface area (Å²) >= 11 is 1.51. The van der Waals surface area contributed by atoms with Crippen molar-refractivity contribution in [2.24, 2.45) is 10.7 Å². The van der Waals surface area contributed by atoms with Gasteiger partial charge in [0.1, 0.15) is 12.1 Å². The number of anilines is 1. The minimum absolute atomic E-state index is 0. The first kappa shape index (κ1) is 17.0. The Kier molecular flexibility index (Phi) is 6.07. The summed E-state index contributed by atoms with van der Waals surface area (Å²) in [6, 6.07) is 2.03. The normalized spacial score (nSPS) is 18.6. The molecule has 112 valence electrons. The highest BCUT2D eigenvalue weighted by Gasteiger charge is 2.30. The summed E-state index contributed by atoms with van der Waals surface area (Å²) in [4.78, 5) is 15.4. The lowest BCUT2D eigenvalue weighted by Gasteiger charge is -2.37. The Morgan fingerprint density at radius 1 is 1.40 bits per heavy atom. The smallest absolute Gasteiger partial charge is 0.154 e. The molecule has 2 N–H and O–H groups in total. The van der Waals surface area contributed by atoms with Crippen LogP contribution in [0.1, 0.15) is 25.5 Å². The average Bonchev–Trinajstić information content (AvgIpc) is 2.39. The second-order valence-electron chi connectivity index (χ2n) is 5.16. The maximum Gasteiger partial charge on any atom is 0.154 e. The average molecular weight is 316 g/mol. The summed E-state index contributed by atoms with van der Waals surface area (Å²) < 4.78 is 0. The van der Waals surface area contributed by atoms with Crippen LogP contribution in [-0.4, -0.2) is 40.0 Å². The number of nitrogens with zero attached hydrogens (tertiary/aromatic N) is 4. The number of rotatable bonds is 2. The minimum atomic E-state index is -0.0360. The first-order valence-electron chi connectivity index (χ1n) is 6.45. The van der Waals surface area contributed by atoms with Gasteiger partial charge in [0.05, 0.1) is 5.54 Å². The molecule has 0 unspecified atom stereocenters. The zero-order valence-electron chi connectivity index (χ0n) is 12.2. The van der Waals surface area contributed by atoms with Crippen LogP contribution in [0.4, 0.5) is 5.82 Å². The van der Waals surface area contributed by atoms with Crippen LogP contribution in [0.25, 0.3) is 0 Å². The number of aromatic nitrogens is 2. The second-order valence-corrected chi connectivity index (χ2v) is 5.98. The Balaban J connectivity index is 0.00000200. The molecule has 1 aromatic heterocycles. The van der Waals surface area contributed by atoms with Gasteiger partial charge in [-0.2, -0.15) is 0 Å². The molecule has 1 aliphatic heterocycles. The van der Waals surface area contributed by atoms with Crippen LogP contribution in [0, 0.1) is 6.92 Å². The molecule has 7 heteroatoms. The molecule has 2 heterocycles. The lowest BCUT2D eigenvalue weighted by Crippen LogP contribution is -2.42. The molecule has 0 aliphatic carbocycles. The Bertz CT molecular complexity index is 472. The molecule has 0 atom stereocenters. The third-order valence-corrected chi connectivity index (χ3v) is 4.05. The summed E-state index contributed by atoms with van der Waals surface area (Å²) in [5, 5.41) is 0.675. The van der Waals surface area contributed by atoms with Crippen molar-refractivity contribution in [1.29, 1.82) is 0 Å². The highest BCUT2D eigenvalue weighted by molar-refractivity contribution is 8.13. The van der Waals surface area contributed by atoms with Crippen molar-refractivity contribution in [3.05, 3.63) is 18.1 Å². The van der Waals surface area contributed by atoms with E-state index in [0.717, 1.165) is 37.4 Å². The molecule has 5 nitrogen and oxygen atoms in total. The molecule has 1 aliphatic rings. The van der Waals surface area contributed by atoms with E-state index in [9.17, 15) is 0 Å². The molecule has 0 saturated carbocycles. The number of halogens is 1. The predicted molar refractivity (Wildman–Crippen MR) is 89.0 cm³/mol. The Morgan fingerprint density at radius 3 is 2.60 bits per heavy atom. The zero-order valence-corrected chi connectivity index (χ0v) is 13.8. The largest absolute Gasteiger partial charge is 0.379 e. The van der Waals surface area contributed by atoms with Crippen molar-refractivity contribution in [1.82, 2.24) is 9.97 Å². The van der Waals surface area contributed by atoms with E-state index in [4.69, 9.17) is 5.73 Å².